The summed E-state index contributed by atoms with van der Waals surface area (Å²) in [6.45, 7) is 2.33. The van der Waals surface area contributed by atoms with Crippen molar-refractivity contribution in [2.24, 2.45) is 5.73 Å². The Morgan fingerprint density at radius 3 is 2.62 bits per heavy atom. The Morgan fingerprint density at radius 2 is 2.12 bits per heavy atom. The van der Waals surface area contributed by atoms with Gasteiger partial charge in [-0.15, -0.1) is 0 Å². The van der Waals surface area contributed by atoms with Gasteiger partial charge in [-0.1, -0.05) is 28.5 Å². The van der Waals surface area contributed by atoms with Crippen molar-refractivity contribution in [3.63, 3.8) is 0 Å². The maximum absolute atomic E-state index is 7.31. The molecule has 0 aromatic rings. The molecule has 0 bridgehead atoms. The molecule has 2 N–H and O–H groups in total. The highest BCUT2D eigenvalue weighted by atomic mass is 33.1. The number of nitrogens with two attached hydrogens (primary N) is 1. The summed E-state index contributed by atoms with van der Waals surface area (Å²) in [6.07, 6.45) is 0.828. The van der Waals surface area contributed by atoms with Crippen LogP contribution in [-0.2, 0) is 0 Å². The Hall–Kier alpha value is 0.660. The Morgan fingerprint density at radius 1 is 1.50 bits per heavy atom. The SMILES string of the molecule is [2H]C(CC)SSC([2H])CN. The summed E-state index contributed by atoms with van der Waals surface area (Å²) in [5, 5.41) is 0. The summed E-state index contributed by atoms with van der Waals surface area (Å²) in [6, 6.07) is 0. The van der Waals surface area contributed by atoms with Gasteiger partial charge in [0.1, 0.15) is 0 Å². The van der Waals surface area contributed by atoms with Crippen molar-refractivity contribution in [1.29, 1.82) is 0 Å². The Bertz CT molecular complexity index is 74.0. The lowest BCUT2D eigenvalue weighted by Crippen LogP contribution is -1.99. The predicted molar refractivity (Wildman–Crippen MR) is 44.3 cm³/mol. The molecule has 0 saturated carbocycles. The smallest absolute Gasteiger partial charge is 0.0402 e. The second kappa shape index (κ2) is 7.66. The molecule has 2 atom stereocenters. The van der Waals surface area contributed by atoms with Crippen LogP contribution in [0.3, 0.4) is 0 Å². The molecule has 2 unspecified atom stereocenters. The number of rotatable bonds is 5. The zero-order valence-corrected chi connectivity index (χ0v) is 6.60. The van der Waals surface area contributed by atoms with E-state index in [1.807, 2.05) is 6.92 Å². The second-order valence-corrected chi connectivity index (χ2v) is 3.38. The lowest BCUT2D eigenvalue weighted by Gasteiger charge is -1.93. The van der Waals surface area contributed by atoms with Crippen LogP contribution in [0.15, 0.2) is 0 Å². The van der Waals surface area contributed by atoms with E-state index in [9.17, 15) is 0 Å². The highest BCUT2D eigenvalue weighted by Gasteiger charge is 1.83. The highest BCUT2D eigenvalue weighted by molar-refractivity contribution is 8.76. The van der Waals surface area contributed by atoms with Gasteiger partial charge in [0.15, 0.2) is 0 Å². The molecule has 0 aliphatic rings. The largest absolute Gasteiger partial charge is 0.330 e. The molecular weight excluding hydrogens is 138 g/mol. The van der Waals surface area contributed by atoms with Crippen molar-refractivity contribution in [1.82, 2.24) is 0 Å². The van der Waals surface area contributed by atoms with Gasteiger partial charge in [0, 0.05) is 20.7 Å². The van der Waals surface area contributed by atoms with Crippen LogP contribution in [0.5, 0.6) is 0 Å². The van der Waals surface area contributed by atoms with E-state index in [0.717, 1.165) is 6.42 Å². The van der Waals surface area contributed by atoms with Gasteiger partial charge < -0.3 is 5.73 Å². The van der Waals surface area contributed by atoms with Gasteiger partial charge in [0.05, 0.1) is 0 Å². The van der Waals surface area contributed by atoms with Crippen LogP contribution >= 0.6 is 21.6 Å². The van der Waals surface area contributed by atoms with Crippen LogP contribution in [0.2, 0.25) is 0 Å². The third kappa shape index (κ3) is 6.66. The summed E-state index contributed by atoms with van der Waals surface area (Å²) in [7, 11) is 2.80. The van der Waals surface area contributed by atoms with Crippen molar-refractivity contribution in [2.75, 3.05) is 18.0 Å². The molecule has 0 aromatic carbocycles. The first-order valence-electron chi connectivity index (χ1n) is 3.72. The van der Waals surface area contributed by atoms with Crippen molar-refractivity contribution < 1.29 is 2.74 Å². The molecule has 0 aromatic heterocycles. The fraction of sp³-hybridized carbons (Fsp3) is 1.00. The van der Waals surface area contributed by atoms with Gasteiger partial charge in [-0.25, -0.2) is 0 Å². The van der Waals surface area contributed by atoms with Crippen molar-refractivity contribution in [3.05, 3.63) is 0 Å². The minimum absolute atomic E-state index is 0.107. The van der Waals surface area contributed by atoms with Crippen LogP contribution in [-0.4, -0.2) is 18.0 Å². The van der Waals surface area contributed by atoms with E-state index in [2.05, 4.69) is 0 Å². The first-order chi connectivity index (χ1) is 4.70. The molecule has 1 nitrogen and oxygen atoms in total. The molecule has 0 rings (SSSR count). The molecule has 0 radical (unpaired) electrons. The Labute approximate surface area is 62.0 Å². The van der Waals surface area contributed by atoms with Crippen molar-refractivity contribution in [2.45, 2.75) is 13.3 Å². The summed E-state index contributed by atoms with van der Waals surface area (Å²) in [4.78, 5) is 0. The normalized spacial score (nSPS) is 21.2. The highest BCUT2D eigenvalue weighted by Crippen LogP contribution is 2.20. The summed E-state index contributed by atoms with van der Waals surface area (Å²) in [5.41, 5.74) is 4.84. The van der Waals surface area contributed by atoms with Gasteiger partial charge in [0.2, 0.25) is 0 Å². The van der Waals surface area contributed by atoms with Gasteiger partial charge in [-0.2, -0.15) is 0 Å². The van der Waals surface area contributed by atoms with Crippen LogP contribution in [0.4, 0.5) is 0 Å². The number of hydrogen-bond donors (Lipinski definition) is 1. The lowest BCUT2D eigenvalue weighted by molar-refractivity contribution is 1.11. The standard InChI is InChI=1S/C5H13NS2/c1-2-4-7-8-5-3-6/h2-6H2,1H3/i4D,5D. The minimum atomic E-state index is -0.274. The molecule has 0 aliphatic heterocycles. The van der Waals surface area contributed by atoms with Crippen molar-refractivity contribution in [3.8, 4) is 0 Å². The predicted octanol–water partition coefficient (Wildman–Crippen LogP) is 1.74. The summed E-state index contributed by atoms with van der Waals surface area (Å²) in [5.74, 6) is 0. The second-order valence-electron chi connectivity index (χ2n) is 1.17. The molecule has 0 aliphatic carbocycles. The molecular formula is C5H13NS2. The Balaban J connectivity index is 3.17. The zero-order chi connectivity index (χ0) is 7.98. The first kappa shape index (κ1) is 5.45. The molecule has 0 spiro atoms. The molecule has 3 heteroatoms. The van der Waals surface area contributed by atoms with Crippen molar-refractivity contribution >= 4 is 21.6 Å². The molecule has 0 fully saturated rings. The number of hydrogen-bond acceptors (Lipinski definition) is 3. The Kier molecular flexibility index (Phi) is 5.21. The monoisotopic (exact) mass is 153 g/mol. The van der Waals surface area contributed by atoms with E-state index in [1.54, 1.807) is 0 Å². The molecule has 0 heterocycles. The van der Waals surface area contributed by atoms with E-state index in [-0.39, 0.29) is 11.5 Å². The van der Waals surface area contributed by atoms with Crippen LogP contribution in [0, 0.1) is 0 Å². The molecule has 0 amide bonds. The summed E-state index contributed by atoms with van der Waals surface area (Å²) >= 11 is 0. The maximum atomic E-state index is 7.31. The van der Waals surface area contributed by atoms with Gasteiger partial charge in [0.25, 0.3) is 0 Å². The quantitative estimate of drug-likeness (QED) is 0.609. The van der Waals surface area contributed by atoms with Gasteiger partial charge in [-0.05, 0) is 6.42 Å². The van der Waals surface area contributed by atoms with Crippen LogP contribution in [0.1, 0.15) is 16.1 Å². The first-order valence-corrected chi connectivity index (χ1v) is 4.85. The van der Waals surface area contributed by atoms with E-state index < -0.39 is 0 Å². The van der Waals surface area contributed by atoms with Gasteiger partial charge in [-0.3, -0.25) is 0 Å². The fourth-order valence-corrected chi connectivity index (χ4v) is 1.67. The topological polar surface area (TPSA) is 26.0 Å². The molecule has 8 heavy (non-hydrogen) atoms. The average Bonchev–Trinajstić information content (AvgIpc) is 1.99. The third-order valence-electron chi connectivity index (χ3n) is 0.455. The third-order valence-corrected chi connectivity index (χ3v) is 2.51. The van der Waals surface area contributed by atoms with Gasteiger partial charge >= 0.3 is 0 Å². The van der Waals surface area contributed by atoms with E-state index in [0.29, 0.717) is 6.54 Å². The summed E-state index contributed by atoms with van der Waals surface area (Å²) < 4.78 is 14.5. The van der Waals surface area contributed by atoms with E-state index >= 15 is 0 Å². The fourth-order valence-electron chi connectivity index (χ4n) is 0.186. The maximum Gasteiger partial charge on any atom is 0.0402 e. The molecule has 0 saturated heterocycles. The average molecular weight is 153 g/mol. The van der Waals surface area contributed by atoms with E-state index in [1.165, 1.54) is 21.6 Å². The lowest BCUT2D eigenvalue weighted by atomic mass is 10.6. The van der Waals surface area contributed by atoms with Crippen LogP contribution < -0.4 is 5.73 Å². The zero-order valence-electron chi connectivity index (χ0n) is 6.96. The minimum Gasteiger partial charge on any atom is -0.330 e. The van der Waals surface area contributed by atoms with E-state index in [4.69, 9.17) is 8.48 Å². The molecule has 50 valence electrons. The van der Waals surface area contributed by atoms with Crippen LogP contribution in [0.25, 0.3) is 0 Å².